The molecule has 4 N–H and O–H groups in total. The Morgan fingerprint density at radius 1 is 0.433 bits per heavy atom. The molecule has 0 aliphatic carbocycles. The molecule has 4 aliphatic rings. The molecular weight excluding hydrogens is 1140 g/mol. The van der Waals surface area contributed by atoms with E-state index in [1.807, 2.05) is 71.9 Å². The SMILES string of the molecule is Nc1cc(CN2CCC(C(=O)N3CCC(c4c(-c5ccccn5)n(-c5cc(F)cc(F)c5)c5cc(F)ccc45)CC3)CC2)ccn1.Nc1cc(CN2CCC(C(=O)N3CCC(c4c(-c5ccccn5)n(Cc5ccccn5)c5ccccc45)CC3)CC2)ccn1. The van der Waals surface area contributed by atoms with Crippen LogP contribution in [0.2, 0.25) is 0 Å². The molecule has 0 spiro atoms. The zero-order valence-electron chi connectivity index (χ0n) is 50.4. The molecule has 0 atom stereocenters. The molecule has 3 aromatic carbocycles. The maximum atomic E-state index is 14.7. The standard InChI is InChI=1S/C36H35F3N6O.C36H39N7O/c37-26-4-5-30-32(21-26)45(29-19-27(38)18-28(39)20-29)35(31-3-1-2-11-41-31)34(30)24-9-15-44(16-10-24)36(46)25-7-13-43(14-8-25)22-23-6-12-42-33(40)17-23;37-33-23-26(11-18-40-33)24-41-19-12-28(13-20-41)36(44)42-21-14-27(15-22-42)34-30-8-1-2-10-32(30)43(25-29-7-3-5-16-38-29)35(34)31-9-4-6-17-39-31/h1-6,11-12,17-21,24-25H,7-10,13-16,22H2,(H2,40,42);1-11,16-18,23,27-28H,12-15,19-22,24-25H2,(H2,37,40). The molecule has 90 heavy (non-hydrogen) atoms. The number of para-hydroxylation sites is 1. The van der Waals surface area contributed by atoms with Crippen LogP contribution < -0.4 is 11.5 Å². The molecule has 10 aromatic rings. The minimum atomic E-state index is -0.721. The van der Waals surface area contributed by atoms with Gasteiger partial charge < -0.3 is 30.4 Å². The van der Waals surface area contributed by atoms with Gasteiger partial charge in [-0.25, -0.2) is 23.1 Å². The second-order valence-corrected chi connectivity index (χ2v) is 24.5. The van der Waals surface area contributed by atoms with Gasteiger partial charge in [0.05, 0.1) is 46.2 Å². The van der Waals surface area contributed by atoms with Gasteiger partial charge in [0.15, 0.2) is 0 Å². The highest BCUT2D eigenvalue weighted by Gasteiger charge is 2.36. The summed E-state index contributed by atoms with van der Waals surface area (Å²) in [4.78, 5) is 58.5. The number of halogens is 3. The molecule has 0 unspecified atom stereocenters. The van der Waals surface area contributed by atoms with Crippen molar-refractivity contribution in [3.05, 3.63) is 216 Å². The number of nitrogen functional groups attached to an aromatic ring is 2. The number of fused-ring (bicyclic) bond motifs is 2. The van der Waals surface area contributed by atoms with E-state index in [4.69, 9.17) is 16.5 Å². The average Bonchev–Trinajstić information content (AvgIpc) is 1.62. The number of rotatable bonds is 13. The molecule has 4 fully saturated rings. The smallest absolute Gasteiger partial charge is 0.225 e. The van der Waals surface area contributed by atoms with Crippen molar-refractivity contribution in [2.24, 2.45) is 11.8 Å². The molecule has 2 amide bonds. The molecule has 0 radical (unpaired) electrons. The van der Waals surface area contributed by atoms with Gasteiger partial charge in [-0.3, -0.25) is 34.3 Å². The van der Waals surface area contributed by atoms with Crippen LogP contribution in [-0.4, -0.2) is 118 Å². The zero-order chi connectivity index (χ0) is 61.7. The molecule has 18 heteroatoms. The third-order valence-electron chi connectivity index (χ3n) is 18.8. The number of amides is 2. The van der Waals surface area contributed by atoms with E-state index in [9.17, 15) is 22.8 Å². The highest BCUT2D eigenvalue weighted by Crippen LogP contribution is 2.45. The van der Waals surface area contributed by atoms with Crippen molar-refractivity contribution in [1.29, 1.82) is 0 Å². The summed E-state index contributed by atoms with van der Waals surface area (Å²) >= 11 is 0. The van der Waals surface area contributed by atoms with Gasteiger partial charge in [0.2, 0.25) is 11.8 Å². The molecule has 0 bridgehead atoms. The molecule has 0 saturated carbocycles. The average molecular weight is 1210 g/mol. The molecule has 460 valence electrons. The molecule has 4 aliphatic heterocycles. The number of carbonyl (C=O) groups excluding carboxylic acids is 2. The van der Waals surface area contributed by atoms with Gasteiger partial charge in [-0.1, -0.05) is 36.4 Å². The van der Waals surface area contributed by atoms with Crippen molar-refractivity contribution in [2.75, 3.05) is 63.8 Å². The number of nitrogens with zero attached hydrogens (tertiary/aromatic N) is 11. The normalized spacial score (nSPS) is 16.8. The molecule has 15 nitrogen and oxygen atoms in total. The Balaban J connectivity index is 0.000000165. The predicted molar refractivity (Wildman–Crippen MR) is 345 cm³/mol. The summed E-state index contributed by atoms with van der Waals surface area (Å²) in [6, 6.07) is 42.2. The Hall–Kier alpha value is -9.26. The van der Waals surface area contributed by atoms with Gasteiger partial charge >= 0.3 is 0 Å². The lowest BCUT2D eigenvalue weighted by molar-refractivity contribution is -0.139. The number of pyridine rings is 5. The van der Waals surface area contributed by atoms with Gasteiger partial charge in [-0.05, 0) is 209 Å². The lowest BCUT2D eigenvalue weighted by Crippen LogP contribution is -2.45. The predicted octanol–water partition coefficient (Wildman–Crippen LogP) is 12.4. The fraction of sp³-hybridized carbons (Fsp3) is 0.319. The van der Waals surface area contributed by atoms with Crippen LogP contribution >= 0.6 is 0 Å². The lowest BCUT2D eigenvalue weighted by atomic mass is 9.85. The molecule has 4 saturated heterocycles. The van der Waals surface area contributed by atoms with Crippen molar-refractivity contribution in [3.63, 3.8) is 0 Å². The van der Waals surface area contributed by atoms with E-state index in [2.05, 4.69) is 81.7 Å². The van der Waals surface area contributed by atoms with Crippen LogP contribution in [-0.2, 0) is 29.2 Å². The van der Waals surface area contributed by atoms with Gasteiger partial charge in [0, 0.05) is 104 Å². The van der Waals surface area contributed by atoms with Crippen LogP contribution in [0.25, 0.3) is 50.3 Å². The Labute approximate surface area is 522 Å². The molecular formula is C72H74F3N13O2. The van der Waals surface area contributed by atoms with Gasteiger partial charge in [-0.2, -0.15) is 0 Å². The number of hydrogen-bond donors (Lipinski definition) is 2. The van der Waals surface area contributed by atoms with Crippen molar-refractivity contribution >= 4 is 45.3 Å². The van der Waals surface area contributed by atoms with Gasteiger partial charge in [-0.15, -0.1) is 0 Å². The van der Waals surface area contributed by atoms with Crippen molar-refractivity contribution < 1.29 is 22.8 Å². The van der Waals surface area contributed by atoms with Gasteiger partial charge in [0.1, 0.15) is 29.1 Å². The number of hydrogen-bond acceptors (Lipinski definition) is 11. The molecule has 11 heterocycles. The van der Waals surface area contributed by atoms with E-state index < -0.39 is 17.5 Å². The Morgan fingerprint density at radius 3 is 1.43 bits per heavy atom. The number of nitrogens with two attached hydrogens (primary N) is 2. The third-order valence-corrected chi connectivity index (χ3v) is 18.8. The Bertz CT molecular complexity index is 4110. The number of piperidine rings is 4. The number of aromatic nitrogens is 7. The van der Waals surface area contributed by atoms with Crippen LogP contribution in [0.3, 0.4) is 0 Å². The van der Waals surface area contributed by atoms with Crippen LogP contribution in [0, 0.1) is 29.3 Å². The third kappa shape index (κ3) is 13.1. The number of carbonyl (C=O) groups is 2. The van der Waals surface area contributed by atoms with Gasteiger partial charge in [0.25, 0.3) is 0 Å². The monoisotopic (exact) mass is 1210 g/mol. The van der Waals surface area contributed by atoms with Crippen LogP contribution in [0.1, 0.15) is 91.2 Å². The van der Waals surface area contributed by atoms with E-state index >= 15 is 0 Å². The Morgan fingerprint density at radius 2 is 0.922 bits per heavy atom. The van der Waals surface area contributed by atoms with E-state index in [0.29, 0.717) is 72.8 Å². The van der Waals surface area contributed by atoms with Crippen molar-refractivity contribution in [2.45, 2.75) is 82.8 Å². The summed E-state index contributed by atoms with van der Waals surface area (Å²) in [5.74, 6) is 0.195. The van der Waals surface area contributed by atoms with Crippen LogP contribution in [0.4, 0.5) is 24.8 Å². The quantitative estimate of drug-likeness (QED) is 0.112. The minimum Gasteiger partial charge on any atom is -0.384 e. The van der Waals surface area contributed by atoms with Crippen molar-refractivity contribution in [1.82, 2.24) is 53.7 Å². The molecule has 7 aromatic heterocycles. The molecule has 14 rings (SSSR count). The summed E-state index contributed by atoms with van der Waals surface area (Å²) in [6.07, 6.45) is 15.7. The number of anilines is 2. The topological polar surface area (TPSA) is 173 Å². The highest BCUT2D eigenvalue weighted by atomic mass is 19.1. The number of benzene rings is 3. The Kier molecular flexibility index (Phi) is 17.8. The fourth-order valence-corrected chi connectivity index (χ4v) is 14.4. The minimum absolute atomic E-state index is 0.00727. The summed E-state index contributed by atoms with van der Waals surface area (Å²) in [6.45, 7) is 8.66. The van der Waals surface area contributed by atoms with E-state index in [1.165, 1.54) is 52.0 Å². The first-order valence-corrected chi connectivity index (χ1v) is 31.5. The summed E-state index contributed by atoms with van der Waals surface area (Å²) in [7, 11) is 0. The highest BCUT2D eigenvalue weighted by molar-refractivity contribution is 5.95. The zero-order valence-corrected chi connectivity index (χ0v) is 50.4. The van der Waals surface area contributed by atoms with E-state index in [-0.39, 0.29) is 29.3 Å². The summed E-state index contributed by atoms with van der Waals surface area (Å²) in [5, 5.41) is 2.08. The van der Waals surface area contributed by atoms with E-state index in [1.54, 1.807) is 35.3 Å². The first-order valence-electron chi connectivity index (χ1n) is 31.5. The maximum Gasteiger partial charge on any atom is 0.225 e. The van der Waals surface area contributed by atoms with E-state index in [0.717, 1.165) is 125 Å². The second-order valence-electron chi connectivity index (χ2n) is 24.5. The van der Waals surface area contributed by atoms with Crippen LogP contribution in [0.15, 0.2) is 171 Å². The fourth-order valence-electron chi connectivity index (χ4n) is 14.4. The lowest BCUT2D eigenvalue weighted by Gasteiger charge is -2.37. The van der Waals surface area contributed by atoms with Crippen LogP contribution in [0.5, 0.6) is 0 Å². The first kappa shape index (κ1) is 59.7. The largest absolute Gasteiger partial charge is 0.384 e. The summed E-state index contributed by atoms with van der Waals surface area (Å²) < 4.78 is 47.8. The maximum absolute atomic E-state index is 14.7. The summed E-state index contributed by atoms with van der Waals surface area (Å²) in [5.41, 5.74) is 22.8. The number of likely N-dealkylation sites (tertiary alicyclic amines) is 4. The van der Waals surface area contributed by atoms with Crippen molar-refractivity contribution in [3.8, 4) is 28.5 Å². The first-order chi connectivity index (χ1) is 44.0. The second kappa shape index (κ2) is 26.8.